The van der Waals surface area contributed by atoms with Crippen molar-refractivity contribution in [3.63, 3.8) is 0 Å². The summed E-state index contributed by atoms with van der Waals surface area (Å²) in [7, 11) is 3.99. The summed E-state index contributed by atoms with van der Waals surface area (Å²) in [5.41, 5.74) is 2.16. The van der Waals surface area contributed by atoms with Crippen LogP contribution in [0.2, 0.25) is 0 Å². The molecule has 1 atom stereocenters. The second-order valence-electron chi connectivity index (χ2n) is 8.10. The highest BCUT2D eigenvalue weighted by atomic mass is 19.1. The molecule has 0 radical (unpaired) electrons. The Morgan fingerprint density at radius 2 is 1.52 bits per heavy atom. The van der Waals surface area contributed by atoms with Gasteiger partial charge in [-0.1, -0.05) is 30.3 Å². The van der Waals surface area contributed by atoms with Crippen LogP contribution < -0.4 is 26.0 Å². The Balaban J connectivity index is 1.43. The fourth-order valence-electron chi connectivity index (χ4n) is 4.16. The Morgan fingerprint density at radius 3 is 2.13 bits per heavy atom. The van der Waals surface area contributed by atoms with Gasteiger partial charge in [-0.15, -0.1) is 0 Å². The van der Waals surface area contributed by atoms with Crippen LogP contribution in [0.25, 0.3) is 0 Å². The maximum atomic E-state index is 13.2. The minimum absolute atomic E-state index is 0.0776. The van der Waals surface area contributed by atoms with E-state index in [0.717, 1.165) is 11.3 Å². The molecule has 31 heavy (non-hydrogen) atoms. The summed E-state index contributed by atoms with van der Waals surface area (Å²) in [6.45, 7) is 3.20. The number of benzene rings is 2. The van der Waals surface area contributed by atoms with Crippen LogP contribution in [0.3, 0.4) is 0 Å². The van der Waals surface area contributed by atoms with E-state index in [9.17, 15) is 14.0 Å². The molecule has 162 valence electrons. The largest absolute Gasteiger partial charge is 0.378 e. The van der Waals surface area contributed by atoms with Crippen molar-refractivity contribution in [1.82, 2.24) is 4.90 Å². The number of likely N-dealkylation sites (N-methyl/N-ethyl adjacent to an activating group) is 1. The molecule has 1 saturated heterocycles. The van der Waals surface area contributed by atoms with Crippen molar-refractivity contribution in [2.75, 3.05) is 61.9 Å². The van der Waals surface area contributed by atoms with Gasteiger partial charge in [0.05, 0.1) is 6.04 Å². The summed E-state index contributed by atoms with van der Waals surface area (Å²) in [4.78, 5) is 30.9. The Bertz CT molecular complexity index is 1080. The second-order valence-corrected chi connectivity index (χ2v) is 8.10. The lowest BCUT2D eigenvalue weighted by molar-refractivity contribution is 0.312. The van der Waals surface area contributed by atoms with Gasteiger partial charge in [-0.25, -0.2) is 4.39 Å². The molecule has 3 aromatic carbocycles. The first-order valence-corrected chi connectivity index (χ1v) is 10.5. The fourth-order valence-corrected chi connectivity index (χ4v) is 4.16. The van der Waals surface area contributed by atoms with Crippen LogP contribution >= 0.6 is 0 Å². The number of halogens is 1. The molecule has 4 rings (SSSR count). The van der Waals surface area contributed by atoms with Gasteiger partial charge in [0, 0.05) is 38.4 Å². The molecule has 1 aliphatic rings. The van der Waals surface area contributed by atoms with Crippen molar-refractivity contribution in [2.24, 2.45) is 0 Å². The summed E-state index contributed by atoms with van der Waals surface area (Å²) in [5.74, 6) is -0.256. The molecule has 0 saturated carbocycles. The molecule has 1 heterocycles. The Kier molecular flexibility index (Phi) is 6.04. The van der Waals surface area contributed by atoms with Crippen molar-refractivity contribution in [3.05, 3.63) is 86.4 Å². The Morgan fingerprint density at radius 1 is 0.903 bits per heavy atom. The number of nitrogens with zero attached hydrogens (tertiary/aromatic N) is 3. The van der Waals surface area contributed by atoms with Crippen molar-refractivity contribution in [2.45, 2.75) is 6.04 Å². The lowest BCUT2D eigenvalue weighted by Gasteiger charge is -2.38. The summed E-state index contributed by atoms with van der Waals surface area (Å²) in [6, 6.07) is 16.6. The molecule has 7 heteroatoms. The summed E-state index contributed by atoms with van der Waals surface area (Å²) in [5, 5.41) is 3.25. The van der Waals surface area contributed by atoms with Gasteiger partial charge in [-0.05, 0) is 43.9 Å². The number of piperazine rings is 1. The summed E-state index contributed by atoms with van der Waals surface area (Å²) >= 11 is 0. The molecule has 0 aliphatic carbocycles. The van der Waals surface area contributed by atoms with Gasteiger partial charge < -0.3 is 20.0 Å². The maximum absolute atomic E-state index is 13.2. The minimum Gasteiger partial charge on any atom is -0.378 e. The average molecular weight is 423 g/mol. The highest BCUT2D eigenvalue weighted by molar-refractivity contribution is 5.75. The third kappa shape index (κ3) is 4.32. The van der Waals surface area contributed by atoms with E-state index in [1.807, 2.05) is 37.2 Å². The van der Waals surface area contributed by atoms with Crippen molar-refractivity contribution in [3.8, 4) is 0 Å². The van der Waals surface area contributed by atoms with E-state index in [0.29, 0.717) is 44.1 Å². The van der Waals surface area contributed by atoms with Crippen LogP contribution in [0.4, 0.5) is 21.5 Å². The van der Waals surface area contributed by atoms with Crippen molar-refractivity contribution < 1.29 is 4.39 Å². The minimum atomic E-state index is -0.443. The van der Waals surface area contributed by atoms with E-state index in [-0.39, 0.29) is 11.9 Å². The second kappa shape index (κ2) is 8.89. The zero-order chi connectivity index (χ0) is 22.0. The lowest BCUT2D eigenvalue weighted by Crippen LogP contribution is -2.51. The molecule has 1 aliphatic heterocycles. The van der Waals surface area contributed by atoms with Crippen LogP contribution in [0.5, 0.6) is 0 Å². The maximum Gasteiger partial charge on any atom is 0.253 e. The van der Waals surface area contributed by atoms with E-state index in [1.54, 1.807) is 12.1 Å². The Labute approximate surface area is 181 Å². The smallest absolute Gasteiger partial charge is 0.253 e. The molecule has 3 aromatic rings. The highest BCUT2D eigenvalue weighted by Gasteiger charge is 2.29. The van der Waals surface area contributed by atoms with Crippen molar-refractivity contribution in [1.29, 1.82) is 0 Å². The highest BCUT2D eigenvalue weighted by Crippen LogP contribution is 2.25. The average Bonchev–Trinajstić information content (AvgIpc) is 2.79. The number of hydrogen-bond donors (Lipinski definition) is 1. The molecule has 6 nitrogen and oxygen atoms in total. The van der Waals surface area contributed by atoms with Crippen LogP contribution in [0.15, 0.2) is 64.2 Å². The number of nitrogens with one attached hydrogen (secondary N) is 1. The van der Waals surface area contributed by atoms with Crippen LogP contribution in [0.1, 0.15) is 11.6 Å². The van der Waals surface area contributed by atoms with Gasteiger partial charge >= 0.3 is 0 Å². The number of anilines is 3. The number of rotatable bonds is 7. The van der Waals surface area contributed by atoms with E-state index >= 15 is 0 Å². The molecule has 0 aromatic heterocycles. The predicted molar refractivity (Wildman–Crippen MR) is 124 cm³/mol. The standard InChI is InChI=1S/C24H27FN4O2/c1-27(2)20(17-6-4-3-5-7-17)16-26-21-22(24(31)23(21)30)29-14-12-28(13-15-29)19-10-8-18(25)9-11-19/h3-11,20,26H,12-16H2,1-2H3/t20-/m1/s1. The van der Waals surface area contributed by atoms with Crippen molar-refractivity contribution >= 4 is 17.1 Å². The Hall–Kier alpha value is -3.19. The first-order valence-electron chi connectivity index (χ1n) is 10.5. The quantitative estimate of drug-likeness (QED) is 0.591. The van der Waals surface area contributed by atoms with Gasteiger partial charge in [-0.3, -0.25) is 9.59 Å². The van der Waals surface area contributed by atoms with E-state index in [1.165, 1.54) is 12.1 Å². The SMILES string of the molecule is CN(C)[C@H](CNc1c(N2CCN(c3ccc(F)cc3)CC2)c(=O)c1=O)c1ccccc1. The summed E-state index contributed by atoms with van der Waals surface area (Å²) in [6.07, 6.45) is 0. The predicted octanol–water partition coefficient (Wildman–Crippen LogP) is 2.46. The molecular formula is C24H27FN4O2. The third-order valence-corrected chi connectivity index (χ3v) is 5.95. The van der Waals surface area contributed by atoms with E-state index in [2.05, 4.69) is 27.2 Å². The van der Waals surface area contributed by atoms with E-state index < -0.39 is 10.9 Å². The van der Waals surface area contributed by atoms with Gasteiger partial charge in [0.15, 0.2) is 0 Å². The molecule has 0 spiro atoms. The van der Waals surface area contributed by atoms with Gasteiger partial charge in [0.2, 0.25) is 0 Å². The van der Waals surface area contributed by atoms with Crippen LogP contribution in [-0.4, -0.2) is 51.7 Å². The molecule has 1 N–H and O–H groups in total. The van der Waals surface area contributed by atoms with Crippen LogP contribution in [0, 0.1) is 5.82 Å². The monoisotopic (exact) mass is 422 g/mol. The topological polar surface area (TPSA) is 55.9 Å². The zero-order valence-corrected chi connectivity index (χ0v) is 17.8. The fraction of sp³-hybridized carbons (Fsp3) is 0.333. The van der Waals surface area contributed by atoms with Gasteiger partial charge in [-0.2, -0.15) is 0 Å². The van der Waals surface area contributed by atoms with Crippen LogP contribution in [-0.2, 0) is 0 Å². The van der Waals surface area contributed by atoms with E-state index in [4.69, 9.17) is 0 Å². The molecule has 0 amide bonds. The first kappa shape index (κ1) is 21.1. The first-order chi connectivity index (χ1) is 15.0. The molecule has 1 fully saturated rings. The van der Waals surface area contributed by atoms with Gasteiger partial charge in [0.1, 0.15) is 17.2 Å². The molecule has 0 unspecified atom stereocenters. The number of hydrogen-bond acceptors (Lipinski definition) is 6. The molecule has 0 bridgehead atoms. The zero-order valence-electron chi connectivity index (χ0n) is 17.8. The van der Waals surface area contributed by atoms with Gasteiger partial charge in [0.25, 0.3) is 10.9 Å². The summed E-state index contributed by atoms with van der Waals surface area (Å²) < 4.78 is 13.2. The third-order valence-electron chi connectivity index (χ3n) is 5.95. The normalized spacial score (nSPS) is 15.5. The lowest BCUT2D eigenvalue weighted by atomic mass is 10.1. The molecular weight excluding hydrogens is 395 g/mol.